The second kappa shape index (κ2) is 8.29. The van der Waals surface area contributed by atoms with E-state index in [2.05, 4.69) is 89.3 Å². The molecule has 4 nitrogen and oxygen atoms in total. The second-order valence-electron chi connectivity index (χ2n) is 7.80. The smallest absolute Gasteiger partial charge is 0.103 e. The molecule has 4 rings (SSSR count). The molecule has 0 radical (unpaired) electrons. The number of hydrogen-bond donors (Lipinski definition) is 1. The molecule has 0 saturated carbocycles. The SMILES string of the molecule is Cc1nc(C(C)N2CCN(C(c3ccccc3)c3ccccc3)CC2)c(C)[nH]1. The highest BCUT2D eigenvalue weighted by Gasteiger charge is 2.29. The lowest BCUT2D eigenvalue weighted by Crippen LogP contribution is -2.48. The first kappa shape index (κ1) is 18.9. The maximum atomic E-state index is 4.72. The zero-order chi connectivity index (χ0) is 19.5. The van der Waals surface area contributed by atoms with Crippen LogP contribution in [0.15, 0.2) is 60.7 Å². The van der Waals surface area contributed by atoms with Gasteiger partial charge in [-0.3, -0.25) is 9.80 Å². The molecule has 1 saturated heterocycles. The van der Waals surface area contributed by atoms with Crippen LogP contribution in [0.5, 0.6) is 0 Å². The number of aromatic amines is 1. The van der Waals surface area contributed by atoms with Crippen molar-refractivity contribution in [1.29, 1.82) is 0 Å². The van der Waals surface area contributed by atoms with Crippen LogP contribution in [-0.4, -0.2) is 45.9 Å². The van der Waals surface area contributed by atoms with Gasteiger partial charge >= 0.3 is 0 Å². The highest BCUT2D eigenvalue weighted by atomic mass is 15.3. The Labute approximate surface area is 168 Å². The van der Waals surface area contributed by atoms with E-state index in [0.717, 1.165) is 32.0 Å². The fourth-order valence-corrected chi connectivity index (χ4v) is 4.48. The molecule has 0 spiro atoms. The predicted molar refractivity (Wildman–Crippen MR) is 114 cm³/mol. The first-order valence-corrected chi connectivity index (χ1v) is 10.2. The molecule has 0 amide bonds. The van der Waals surface area contributed by atoms with E-state index in [1.54, 1.807) is 0 Å². The molecular weight excluding hydrogens is 344 g/mol. The maximum Gasteiger partial charge on any atom is 0.103 e. The van der Waals surface area contributed by atoms with Gasteiger partial charge in [0.1, 0.15) is 5.82 Å². The Balaban J connectivity index is 1.51. The van der Waals surface area contributed by atoms with Crippen molar-refractivity contribution >= 4 is 0 Å². The Morgan fingerprint density at radius 2 is 1.29 bits per heavy atom. The molecule has 2 aromatic carbocycles. The lowest BCUT2D eigenvalue weighted by molar-refractivity contribution is 0.0825. The number of nitrogens with zero attached hydrogens (tertiary/aromatic N) is 3. The summed E-state index contributed by atoms with van der Waals surface area (Å²) in [5, 5.41) is 0. The number of aromatic nitrogens is 2. The number of H-pyrrole nitrogens is 1. The summed E-state index contributed by atoms with van der Waals surface area (Å²) in [6.45, 7) is 10.7. The van der Waals surface area contributed by atoms with Gasteiger partial charge in [-0.05, 0) is 31.9 Å². The van der Waals surface area contributed by atoms with E-state index in [-0.39, 0.29) is 0 Å². The van der Waals surface area contributed by atoms with Gasteiger partial charge in [0.15, 0.2) is 0 Å². The van der Waals surface area contributed by atoms with Gasteiger partial charge in [-0.15, -0.1) is 0 Å². The van der Waals surface area contributed by atoms with Crippen LogP contribution in [0.3, 0.4) is 0 Å². The van der Waals surface area contributed by atoms with Gasteiger partial charge in [-0.2, -0.15) is 0 Å². The Hall–Kier alpha value is -2.43. The van der Waals surface area contributed by atoms with Crippen LogP contribution in [0.4, 0.5) is 0 Å². The second-order valence-corrected chi connectivity index (χ2v) is 7.80. The summed E-state index contributed by atoms with van der Waals surface area (Å²) < 4.78 is 0. The monoisotopic (exact) mass is 374 g/mol. The molecule has 28 heavy (non-hydrogen) atoms. The largest absolute Gasteiger partial charge is 0.346 e. The van der Waals surface area contributed by atoms with Gasteiger partial charge in [-0.1, -0.05) is 60.7 Å². The topological polar surface area (TPSA) is 35.2 Å². The van der Waals surface area contributed by atoms with Crippen molar-refractivity contribution < 1.29 is 0 Å². The maximum absolute atomic E-state index is 4.72. The first-order chi connectivity index (χ1) is 13.6. The van der Waals surface area contributed by atoms with E-state index in [1.165, 1.54) is 22.5 Å². The Bertz CT molecular complexity index is 840. The molecule has 1 aromatic heterocycles. The van der Waals surface area contributed by atoms with Crippen molar-refractivity contribution in [2.75, 3.05) is 26.2 Å². The Morgan fingerprint density at radius 1 is 0.786 bits per heavy atom. The number of nitrogens with one attached hydrogen (secondary N) is 1. The standard InChI is InChI=1S/C24H30N4/c1-18-23(26-20(3)25-18)19(2)27-14-16-28(17-15-27)24(21-10-6-4-7-11-21)22-12-8-5-9-13-22/h4-13,19,24H,14-17H2,1-3H3,(H,25,26). The zero-order valence-corrected chi connectivity index (χ0v) is 17.1. The minimum absolute atomic E-state index is 0.314. The quantitative estimate of drug-likeness (QED) is 0.714. The molecule has 0 aliphatic carbocycles. The van der Waals surface area contributed by atoms with Gasteiger partial charge < -0.3 is 4.98 Å². The number of rotatable bonds is 5. The van der Waals surface area contributed by atoms with Crippen molar-refractivity contribution in [3.05, 3.63) is 89.0 Å². The summed E-state index contributed by atoms with van der Waals surface area (Å²) in [4.78, 5) is 13.3. The summed E-state index contributed by atoms with van der Waals surface area (Å²) in [6, 6.07) is 22.4. The van der Waals surface area contributed by atoms with Crippen molar-refractivity contribution in [1.82, 2.24) is 19.8 Å². The average molecular weight is 375 g/mol. The number of benzene rings is 2. The Kier molecular flexibility index (Phi) is 5.60. The summed E-state index contributed by atoms with van der Waals surface area (Å²) in [7, 11) is 0. The molecular formula is C24H30N4. The normalized spacial score (nSPS) is 17.1. The van der Waals surface area contributed by atoms with E-state index in [1.807, 2.05) is 6.92 Å². The summed E-state index contributed by atoms with van der Waals surface area (Å²) in [5.74, 6) is 1.01. The molecule has 1 aliphatic rings. The van der Waals surface area contributed by atoms with Gasteiger partial charge in [0.05, 0.1) is 17.8 Å². The third-order valence-corrected chi connectivity index (χ3v) is 5.93. The highest BCUT2D eigenvalue weighted by Crippen LogP contribution is 2.31. The molecule has 1 N–H and O–H groups in total. The van der Waals surface area contributed by atoms with E-state index in [4.69, 9.17) is 4.98 Å². The van der Waals surface area contributed by atoms with E-state index < -0.39 is 0 Å². The molecule has 3 aromatic rings. The van der Waals surface area contributed by atoms with E-state index >= 15 is 0 Å². The number of aryl methyl sites for hydroxylation is 2. The average Bonchev–Trinajstić information content (AvgIpc) is 3.08. The van der Waals surface area contributed by atoms with Crippen LogP contribution in [-0.2, 0) is 0 Å². The zero-order valence-electron chi connectivity index (χ0n) is 17.1. The van der Waals surface area contributed by atoms with Crippen LogP contribution in [0.1, 0.15) is 47.3 Å². The van der Waals surface area contributed by atoms with Gasteiger partial charge in [0, 0.05) is 31.9 Å². The molecule has 1 atom stereocenters. The summed E-state index contributed by atoms with van der Waals surface area (Å²) in [6.07, 6.45) is 0. The van der Waals surface area contributed by atoms with Crippen molar-refractivity contribution in [3.63, 3.8) is 0 Å². The first-order valence-electron chi connectivity index (χ1n) is 10.2. The van der Waals surface area contributed by atoms with Crippen LogP contribution >= 0.6 is 0 Å². The fourth-order valence-electron chi connectivity index (χ4n) is 4.48. The van der Waals surface area contributed by atoms with Crippen LogP contribution in [0, 0.1) is 13.8 Å². The number of imidazole rings is 1. The summed E-state index contributed by atoms with van der Waals surface area (Å²) >= 11 is 0. The van der Waals surface area contributed by atoms with Gasteiger partial charge in [-0.25, -0.2) is 4.98 Å². The molecule has 0 bridgehead atoms. The van der Waals surface area contributed by atoms with Crippen molar-refractivity contribution in [2.45, 2.75) is 32.9 Å². The number of hydrogen-bond acceptors (Lipinski definition) is 3. The molecule has 1 fully saturated rings. The lowest BCUT2D eigenvalue weighted by Gasteiger charge is -2.41. The van der Waals surface area contributed by atoms with Gasteiger partial charge in [0.25, 0.3) is 0 Å². The van der Waals surface area contributed by atoms with Crippen LogP contribution in [0.25, 0.3) is 0 Å². The molecule has 1 aliphatic heterocycles. The number of piperazine rings is 1. The molecule has 2 heterocycles. The molecule has 4 heteroatoms. The van der Waals surface area contributed by atoms with Crippen LogP contribution < -0.4 is 0 Å². The molecule has 1 unspecified atom stereocenters. The van der Waals surface area contributed by atoms with Gasteiger partial charge in [0.2, 0.25) is 0 Å². The minimum atomic E-state index is 0.314. The highest BCUT2D eigenvalue weighted by molar-refractivity contribution is 5.32. The fraction of sp³-hybridized carbons (Fsp3) is 0.375. The minimum Gasteiger partial charge on any atom is -0.346 e. The molecule has 146 valence electrons. The Morgan fingerprint density at radius 3 is 1.75 bits per heavy atom. The van der Waals surface area contributed by atoms with E-state index in [0.29, 0.717) is 12.1 Å². The third-order valence-electron chi connectivity index (χ3n) is 5.93. The van der Waals surface area contributed by atoms with Crippen LogP contribution in [0.2, 0.25) is 0 Å². The van der Waals surface area contributed by atoms with E-state index in [9.17, 15) is 0 Å². The third kappa shape index (κ3) is 3.89. The van der Waals surface area contributed by atoms with Crippen molar-refractivity contribution in [2.24, 2.45) is 0 Å². The lowest BCUT2D eigenvalue weighted by atomic mass is 9.96. The predicted octanol–water partition coefficient (Wildman–Crippen LogP) is 4.49. The van der Waals surface area contributed by atoms with Crippen molar-refractivity contribution in [3.8, 4) is 0 Å². The summed E-state index contributed by atoms with van der Waals surface area (Å²) in [5.41, 5.74) is 5.12.